The quantitative estimate of drug-likeness (QED) is 0.836. The first-order valence-electron chi connectivity index (χ1n) is 6.51. The average molecular weight is 396 g/mol. The molecule has 1 saturated heterocycles. The van der Waals surface area contributed by atoms with E-state index in [4.69, 9.17) is 16.7 Å². The molecule has 2 N–H and O–H groups in total. The average Bonchev–Trinajstić information content (AvgIpc) is 2.40. The van der Waals surface area contributed by atoms with Crippen molar-refractivity contribution in [2.45, 2.75) is 24.7 Å². The lowest BCUT2D eigenvalue weighted by Gasteiger charge is -2.30. The van der Waals surface area contributed by atoms with Crippen molar-refractivity contribution in [2.24, 2.45) is 11.1 Å². The van der Waals surface area contributed by atoms with Gasteiger partial charge in [-0.3, -0.25) is 4.79 Å². The van der Waals surface area contributed by atoms with Gasteiger partial charge >= 0.3 is 0 Å². The molecule has 8 heteroatoms. The van der Waals surface area contributed by atoms with Crippen molar-refractivity contribution in [1.29, 1.82) is 0 Å². The SMILES string of the molecule is CC1CCN(C(=O)c2cc(S(N)(=O)=O)cc(Br)c2Cl)CC1. The molecule has 0 aliphatic carbocycles. The van der Waals surface area contributed by atoms with Gasteiger partial charge in [0.2, 0.25) is 10.0 Å². The lowest BCUT2D eigenvalue weighted by atomic mass is 9.98. The van der Waals surface area contributed by atoms with E-state index in [1.165, 1.54) is 12.1 Å². The van der Waals surface area contributed by atoms with E-state index in [9.17, 15) is 13.2 Å². The Balaban J connectivity index is 2.39. The summed E-state index contributed by atoms with van der Waals surface area (Å²) in [6, 6.07) is 2.54. The number of carbonyl (C=O) groups excluding carboxylic acids is 1. The van der Waals surface area contributed by atoms with Gasteiger partial charge in [-0.2, -0.15) is 0 Å². The maximum absolute atomic E-state index is 12.5. The summed E-state index contributed by atoms with van der Waals surface area (Å²) in [5.74, 6) is 0.324. The summed E-state index contributed by atoms with van der Waals surface area (Å²) >= 11 is 9.30. The lowest BCUT2D eigenvalue weighted by molar-refractivity contribution is 0.0697. The van der Waals surface area contributed by atoms with Gasteiger partial charge in [-0.25, -0.2) is 13.6 Å². The number of piperidine rings is 1. The molecule has 0 saturated carbocycles. The van der Waals surface area contributed by atoms with Crippen LogP contribution in [0.1, 0.15) is 30.1 Å². The van der Waals surface area contributed by atoms with Crippen molar-refractivity contribution in [3.63, 3.8) is 0 Å². The van der Waals surface area contributed by atoms with Crippen LogP contribution in [0.4, 0.5) is 0 Å². The minimum atomic E-state index is -3.90. The Bertz CT molecular complexity index is 670. The number of nitrogens with zero attached hydrogens (tertiary/aromatic N) is 1. The highest BCUT2D eigenvalue weighted by Crippen LogP contribution is 2.31. The number of hydrogen-bond acceptors (Lipinski definition) is 3. The second-order valence-corrected chi connectivity index (χ2v) is 8.08. The first-order chi connectivity index (χ1) is 9.70. The van der Waals surface area contributed by atoms with Crippen LogP contribution < -0.4 is 5.14 Å². The van der Waals surface area contributed by atoms with Gasteiger partial charge in [-0.1, -0.05) is 18.5 Å². The fourth-order valence-corrected chi connectivity index (χ4v) is 3.63. The standard InChI is InChI=1S/C13H16BrClN2O3S/c1-8-2-4-17(5-3-8)13(18)10-6-9(21(16,19)20)7-11(14)12(10)15/h6-8H,2-5H2,1H3,(H2,16,19,20). The molecule has 1 fully saturated rings. The molecule has 2 rings (SSSR count). The summed E-state index contributed by atoms with van der Waals surface area (Å²) in [6.07, 6.45) is 1.86. The molecule has 116 valence electrons. The van der Waals surface area contributed by atoms with Gasteiger partial charge in [0.15, 0.2) is 0 Å². The van der Waals surface area contributed by atoms with Gasteiger partial charge in [0.05, 0.1) is 15.5 Å². The Kier molecular flexibility index (Phi) is 4.97. The van der Waals surface area contributed by atoms with E-state index >= 15 is 0 Å². The minimum absolute atomic E-state index is 0.132. The molecule has 5 nitrogen and oxygen atoms in total. The maximum atomic E-state index is 12.5. The minimum Gasteiger partial charge on any atom is -0.339 e. The van der Waals surface area contributed by atoms with Crippen molar-refractivity contribution < 1.29 is 13.2 Å². The molecule has 0 bridgehead atoms. The number of hydrogen-bond donors (Lipinski definition) is 1. The highest BCUT2D eigenvalue weighted by molar-refractivity contribution is 9.10. The van der Waals surface area contributed by atoms with Gasteiger partial charge in [0, 0.05) is 17.6 Å². The van der Waals surface area contributed by atoms with E-state index in [-0.39, 0.29) is 21.4 Å². The molecular weight excluding hydrogens is 380 g/mol. The number of amides is 1. The fraction of sp³-hybridized carbons (Fsp3) is 0.462. The largest absolute Gasteiger partial charge is 0.339 e. The Hall–Kier alpha value is -0.630. The number of carbonyl (C=O) groups is 1. The zero-order chi connectivity index (χ0) is 15.8. The van der Waals surface area contributed by atoms with Crippen LogP contribution in [0.25, 0.3) is 0 Å². The number of rotatable bonds is 2. The number of benzene rings is 1. The molecule has 0 unspecified atom stereocenters. The Labute approximate surface area is 137 Å². The van der Waals surface area contributed by atoms with E-state index in [0.717, 1.165) is 12.8 Å². The Morgan fingerprint density at radius 2 is 1.95 bits per heavy atom. The molecular formula is C13H16BrClN2O3S. The van der Waals surface area contributed by atoms with E-state index in [1.807, 2.05) is 0 Å². The van der Waals surface area contributed by atoms with Crippen LogP contribution in [0.5, 0.6) is 0 Å². The van der Waals surface area contributed by atoms with Crippen LogP contribution in [0.2, 0.25) is 5.02 Å². The molecule has 1 heterocycles. The number of likely N-dealkylation sites (tertiary alicyclic amines) is 1. The van der Waals surface area contributed by atoms with Crippen molar-refractivity contribution >= 4 is 43.5 Å². The summed E-state index contributed by atoms with van der Waals surface area (Å²) in [5, 5.41) is 5.32. The predicted molar refractivity (Wildman–Crippen MR) is 84.8 cm³/mol. The zero-order valence-electron chi connectivity index (χ0n) is 11.5. The number of nitrogens with two attached hydrogens (primary N) is 1. The van der Waals surface area contributed by atoms with Gasteiger partial charge in [-0.15, -0.1) is 0 Å². The fourth-order valence-electron chi connectivity index (χ4n) is 2.27. The third kappa shape index (κ3) is 3.77. The molecule has 0 aromatic heterocycles. The van der Waals surface area contributed by atoms with Crippen LogP contribution in [0, 0.1) is 5.92 Å². The van der Waals surface area contributed by atoms with Crippen LogP contribution >= 0.6 is 27.5 Å². The second-order valence-electron chi connectivity index (χ2n) is 5.29. The molecule has 0 radical (unpaired) electrons. The molecule has 0 atom stereocenters. The zero-order valence-corrected chi connectivity index (χ0v) is 14.6. The molecule has 1 aliphatic heterocycles. The topological polar surface area (TPSA) is 80.5 Å². The monoisotopic (exact) mass is 394 g/mol. The maximum Gasteiger partial charge on any atom is 0.255 e. The van der Waals surface area contributed by atoms with Crippen LogP contribution in [0.15, 0.2) is 21.5 Å². The lowest BCUT2D eigenvalue weighted by Crippen LogP contribution is -2.38. The Morgan fingerprint density at radius 1 is 1.38 bits per heavy atom. The normalized spacial score (nSPS) is 17.0. The smallest absolute Gasteiger partial charge is 0.255 e. The number of halogens is 2. The van der Waals surface area contributed by atoms with E-state index in [0.29, 0.717) is 23.5 Å². The van der Waals surface area contributed by atoms with E-state index in [1.54, 1.807) is 4.90 Å². The summed E-state index contributed by atoms with van der Waals surface area (Å²) in [4.78, 5) is 14.1. The molecule has 0 spiro atoms. The summed E-state index contributed by atoms with van der Waals surface area (Å²) in [5.41, 5.74) is 0.157. The van der Waals surface area contributed by atoms with Crippen LogP contribution in [-0.4, -0.2) is 32.3 Å². The summed E-state index contributed by atoms with van der Waals surface area (Å²) in [6.45, 7) is 3.44. The predicted octanol–water partition coefficient (Wildman–Crippen LogP) is 2.62. The number of primary sulfonamides is 1. The molecule has 1 amide bonds. The van der Waals surface area contributed by atoms with E-state index in [2.05, 4.69) is 22.9 Å². The highest BCUT2D eigenvalue weighted by atomic mass is 79.9. The molecule has 21 heavy (non-hydrogen) atoms. The van der Waals surface area contributed by atoms with Gasteiger partial charge in [-0.05, 0) is 46.8 Å². The van der Waals surface area contributed by atoms with Gasteiger partial charge < -0.3 is 4.90 Å². The van der Waals surface area contributed by atoms with Crippen molar-refractivity contribution in [3.05, 3.63) is 27.2 Å². The first kappa shape index (κ1) is 16.7. The second kappa shape index (κ2) is 6.24. The molecule has 1 aromatic carbocycles. The van der Waals surface area contributed by atoms with Crippen LogP contribution in [-0.2, 0) is 10.0 Å². The molecule has 1 aliphatic rings. The van der Waals surface area contributed by atoms with Crippen molar-refractivity contribution in [2.75, 3.05) is 13.1 Å². The summed E-state index contributed by atoms with van der Waals surface area (Å²) in [7, 11) is -3.90. The van der Waals surface area contributed by atoms with Crippen molar-refractivity contribution in [1.82, 2.24) is 4.90 Å². The number of sulfonamides is 1. The van der Waals surface area contributed by atoms with Gasteiger partial charge in [0.1, 0.15) is 0 Å². The Morgan fingerprint density at radius 3 is 2.48 bits per heavy atom. The van der Waals surface area contributed by atoms with Crippen LogP contribution in [0.3, 0.4) is 0 Å². The molecule has 1 aromatic rings. The third-order valence-corrected chi connectivity index (χ3v) is 5.79. The van der Waals surface area contributed by atoms with Gasteiger partial charge in [0.25, 0.3) is 5.91 Å². The highest BCUT2D eigenvalue weighted by Gasteiger charge is 2.25. The first-order valence-corrected chi connectivity index (χ1v) is 9.23. The summed E-state index contributed by atoms with van der Waals surface area (Å²) < 4.78 is 23.3. The van der Waals surface area contributed by atoms with Crippen molar-refractivity contribution in [3.8, 4) is 0 Å². The van der Waals surface area contributed by atoms with E-state index < -0.39 is 10.0 Å². The third-order valence-electron chi connectivity index (χ3n) is 3.63.